The van der Waals surface area contributed by atoms with Crippen molar-refractivity contribution in [2.75, 3.05) is 0 Å². The zero-order valence-corrected chi connectivity index (χ0v) is 9.38. The molecule has 1 aromatic rings. The molecule has 0 bridgehead atoms. The molecule has 0 atom stereocenters. The van der Waals surface area contributed by atoms with Crippen LogP contribution < -0.4 is 0 Å². The first-order valence-corrected chi connectivity index (χ1v) is 6.13. The summed E-state index contributed by atoms with van der Waals surface area (Å²) in [7, 11) is -4.58. The Morgan fingerprint density at radius 2 is 1.76 bits per heavy atom. The highest BCUT2D eigenvalue weighted by Gasteiger charge is 2.31. The minimum absolute atomic E-state index is 0.0382. The molecule has 1 aromatic carbocycles. The van der Waals surface area contributed by atoms with Gasteiger partial charge in [-0.1, -0.05) is 30.3 Å². The molecule has 1 N–H and O–H groups in total. The number of carbonyl (C=O) groups is 1. The van der Waals surface area contributed by atoms with Crippen LogP contribution in [0.1, 0.15) is 5.56 Å². The van der Waals surface area contributed by atoms with E-state index in [-0.39, 0.29) is 12.1 Å². The van der Waals surface area contributed by atoms with Crippen molar-refractivity contribution in [3.63, 3.8) is 0 Å². The first kappa shape index (κ1) is 11.6. The van der Waals surface area contributed by atoms with Crippen molar-refractivity contribution in [1.29, 1.82) is 0 Å². The van der Waals surface area contributed by atoms with Crippen LogP contribution in [0.2, 0.25) is 0 Å². The molecule has 1 aliphatic rings. The lowest BCUT2D eigenvalue weighted by Gasteiger charge is -2.00. The number of hydrogen-bond donors (Lipinski definition) is 1. The Kier molecular flexibility index (Phi) is 2.86. The van der Waals surface area contributed by atoms with Crippen LogP contribution in [0, 0.1) is 0 Å². The van der Waals surface area contributed by atoms with Crippen LogP contribution in [0.3, 0.4) is 0 Å². The Morgan fingerprint density at radius 3 is 2.35 bits per heavy atom. The van der Waals surface area contributed by atoms with Crippen molar-refractivity contribution >= 4 is 16.0 Å². The van der Waals surface area contributed by atoms with E-state index < -0.39 is 20.9 Å². The van der Waals surface area contributed by atoms with E-state index in [1.54, 1.807) is 24.3 Å². The van der Waals surface area contributed by atoms with Gasteiger partial charge in [0.2, 0.25) is 0 Å². The van der Waals surface area contributed by atoms with Crippen molar-refractivity contribution in [3.05, 3.63) is 46.5 Å². The van der Waals surface area contributed by atoms with Crippen LogP contribution in [0.5, 0.6) is 0 Å². The number of nitrogens with zero attached hydrogens (tertiary/aromatic N) is 2. The Bertz CT molecular complexity index is 617. The monoisotopic (exact) mass is 252 g/mol. The van der Waals surface area contributed by atoms with Crippen LogP contribution in [0.15, 0.2) is 51.2 Å². The van der Waals surface area contributed by atoms with Gasteiger partial charge in [-0.2, -0.15) is 8.42 Å². The summed E-state index contributed by atoms with van der Waals surface area (Å²) in [5.74, 6) is -1.03. The largest absolute Gasteiger partial charge is 0.311 e. The molecule has 0 unspecified atom stereocenters. The first-order valence-electron chi connectivity index (χ1n) is 4.69. The summed E-state index contributed by atoms with van der Waals surface area (Å²) in [4.78, 5) is 10.4. The zero-order chi connectivity index (χ0) is 12.5. The summed E-state index contributed by atoms with van der Waals surface area (Å²) in [6.45, 7) is 0. The number of allylic oxidation sites excluding steroid dienone is 1. The van der Waals surface area contributed by atoms with Gasteiger partial charge >= 0.3 is 16.0 Å². The molecular weight excluding hydrogens is 244 g/mol. The molecule has 0 saturated carbocycles. The van der Waals surface area contributed by atoms with Crippen molar-refractivity contribution in [2.24, 2.45) is 10.2 Å². The van der Waals surface area contributed by atoms with E-state index in [9.17, 15) is 13.2 Å². The molecule has 0 aromatic heterocycles. The number of amides is 1. The van der Waals surface area contributed by atoms with Gasteiger partial charge in [0.05, 0.1) is 5.70 Å². The molecule has 0 aliphatic carbocycles. The minimum atomic E-state index is -4.58. The Hall–Kier alpha value is -1.86. The summed E-state index contributed by atoms with van der Waals surface area (Å²) < 4.78 is 30.9. The highest BCUT2D eigenvalue weighted by Crippen LogP contribution is 2.24. The number of hydrogen-bond acceptors (Lipinski definition) is 4. The number of rotatable bonds is 3. The van der Waals surface area contributed by atoms with Gasteiger partial charge in [0.15, 0.2) is 4.91 Å². The third-order valence-corrected chi connectivity index (χ3v) is 3.12. The number of carbonyl (C=O) groups excluding carboxylic acids is 1. The van der Waals surface area contributed by atoms with Gasteiger partial charge in [0.25, 0.3) is 0 Å². The Labute approximate surface area is 97.4 Å². The molecule has 7 heteroatoms. The fourth-order valence-corrected chi connectivity index (χ4v) is 2.16. The van der Waals surface area contributed by atoms with Crippen molar-refractivity contribution < 1.29 is 17.8 Å². The molecule has 1 heterocycles. The van der Waals surface area contributed by atoms with E-state index in [1.807, 2.05) is 6.07 Å². The lowest BCUT2D eigenvalue weighted by molar-refractivity contribution is -0.113. The molecule has 0 fully saturated rings. The van der Waals surface area contributed by atoms with Gasteiger partial charge in [-0.3, -0.25) is 9.35 Å². The molecule has 0 saturated heterocycles. The van der Waals surface area contributed by atoms with Crippen LogP contribution in [0.25, 0.3) is 0 Å². The second-order valence-electron chi connectivity index (χ2n) is 3.42. The second-order valence-corrected chi connectivity index (χ2v) is 4.78. The van der Waals surface area contributed by atoms with E-state index in [1.165, 1.54) is 0 Å². The van der Waals surface area contributed by atoms with Gasteiger partial charge < -0.3 is 0 Å². The standard InChI is InChI=1S/C10H8N2O4S/c13-10-9(17(14,15)16)8(11-12-10)6-7-4-2-1-3-5-7/h1-5H,6H2,(H,14,15,16). The van der Waals surface area contributed by atoms with E-state index in [0.29, 0.717) is 0 Å². The van der Waals surface area contributed by atoms with Gasteiger partial charge in [-0.15, -0.1) is 10.2 Å². The van der Waals surface area contributed by atoms with Crippen LogP contribution in [-0.2, 0) is 21.3 Å². The number of benzene rings is 1. The SMILES string of the molecule is O=C1N=NC(Cc2ccccc2)=C1S(=O)(=O)O. The molecule has 88 valence electrons. The molecule has 0 spiro atoms. The summed E-state index contributed by atoms with van der Waals surface area (Å²) in [6.07, 6.45) is 0.130. The maximum absolute atomic E-state index is 11.2. The topological polar surface area (TPSA) is 96.2 Å². The summed E-state index contributed by atoms with van der Waals surface area (Å²) in [6, 6.07) is 8.87. The van der Waals surface area contributed by atoms with Crippen LogP contribution >= 0.6 is 0 Å². The van der Waals surface area contributed by atoms with E-state index >= 15 is 0 Å². The molecule has 6 nitrogen and oxygen atoms in total. The predicted octanol–water partition coefficient (Wildman–Crippen LogP) is 1.32. The van der Waals surface area contributed by atoms with Crippen LogP contribution in [0.4, 0.5) is 0 Å². The molecule has 1 aliphatic heterocycles. The van der Waals surface area contributed by atoms with Gasteiger partial charge in [-0.05, 0) is 5.56 Å². The molecule has 2 rings (SSSR count). The van der Waals surface area contributed by atoms with Gasteiger partial charge in [-0.25, -0.2) is 0 Å². The normalized spacial score (nSPS) is 15.7. The average molecular weight is 252 g/mol. The molecular formula is C10H8N2O4S. The second kappa shape index (κ2) is 4.19. The Balaban J connectivity index is 2.40. The Morgan fingerprint density at radius 1 is 1.12 bits per heavy atom. The fourth-order valence-electron chi connectivity index (χ4n) is 1.48. The third kappa shape index (κ3) is 2.45. The van der Waals surface area contributed by atoms with Gasteiger partial charge in [0, 0.05) is 6.42 Å². The fraction of sp³-hybridized carbons (Fsp3) is 0.100. The highest BCUT2D eigenvalue weighted by atomic mass is 32.2. The predicted molar refractivity (Wildman–Crippen MR) is 58.6 cm³/mol. The first-order chi connectivity index (χ1) is 7.98. The highest BCUT2D eigenvalue weighted by molar-refractivity contribution is 7.90. The smallest absolute Gasteiger partial charge is 0.282 e. The maximum Gasteiger partial charge on any atom is 0.311 e. The zero-order valence-electron chi connectivity index (χ0n) is 8.57. The molecule has 0 radical (unpaired) electrons. The lowest BCUT2D eigenvalue weighted by atomic mass is 10.1. The van der Waals surface area contributed by atoms with Crippen LogP contribution in [-0.4, -0.2) is 18.9 Å². The van der Waals surface area contributed by atoms with E-state index in [0.717, 1.165) is 5.56 Å². The van der Waals surface area contributed by atoms with E-state index in [2.05, 4.69) is 10.2 Å². The lowest BCUT2D eigenvalue weighted by Crippen LogP contribution is -2.10. The van der Waals surface area contributed by atoms with Crippen molar-refractivity contribution in [3.8, 4) is 0 Å². The third-order valence-electron chi connectivity index (χ3n) is 2.19. The summed E-state index contributed by atoms with van der Waals surface area (Å²) in [5.41, 5.74) is 0.737. The maximum atomic E-state index is 11.2. The molecule has 1 amide bonds. The van der Waals surface area contributed by atoms with E-state index in [4.69, 9.17) is 4.55 Å². The van der Waals surface area contributed by atoms with Crippen molar-refractivity contribution in [1.82, 2.24) is 0 Å². The number of azo groups is 1. The summed E-state index contributed by atoms with van der Waals surface area (Å²) in [5, 5.41) is 6.61. The molecule has 17 heavy (non-hydrogen) atoms. The van der Waals surface area contributed by atoms with Crippen molar-refractivity contribution in [2.45, 2.75) is 6.42 Å². The minimum Gasteiger partial charge on any atom is -0.282 e. The average Bonchev–Trinajstić information content (AvgIpc) is 2.60. The van der Waals surface area contributed by atoms with Gasteiger partial charge in [0.1, 0.15) is 0 Å². The summed E-state index contributed by atoms with van der Waals surface area (Å²) >= 11 is 0. The quantitative estimate of drug-likeness (QED) is 0.820.